The predicted molar refractivity (Wildman–Crippen MR) is 119 cm³/mol. The normalized spacial score (nSPS) is 16.1. The third-order valence-corrected chi connectivity index (χ3v) is 5.32. The van der Waals surface area contributed by atoms with E-state index in [0.29, 0.717) is 11.8 Å². The van der Waals surface area contributed by atoms with Crippen molar-refractivity contribution >= 4 is 11.6 Å². The lowest BCUT2D eigenvalue weighted by atomic mass is 9.97. The van der Waals surface area contributed by atoms with Gasteiger partial charge in [0.15, 0.2) is 5.90 Å². The van der Waals surface area contributed by atoms with Gasteiger partial charge in [0.05, 0.1) is 12.3 Å². The number of unbranched alkanes of at least 4 members (excludes halogenated alkanes) is 1. The first-order valence-corrected chi connectivity index (χ1v) is 11.0. The number of hydrogen-bond acceptors (Lipinski definition) is 3. The molecule has 160 valence electrons. The zero-order valence-corrected chi connectivity index (χ0v) is 18.9. The van der Waals surface area contributed by atoms with Crippen molar-refractivity contribution in [3.8, 4) is 0 Å². The number of aryl methyl sites for hydroxylation is 1. The van der Waals surface area contributed by atoms with Crippen LogP contribution < -0.4 is 0 Å². The van der Waals surface area contributed by atoms with Gasteiger partial charge in [-0.1, -0.05) is 40.5 Å². The van der Waals surface area contributed by atoms with Crippen LogP contribution in [0.5, 0.6) is 0 Å². The highest BCUT2D eigenvalue weighted by molar-refractivity contribution is 5.77. The molecule has 28 heavy (non-hydrogen) atoms. The van der Waals surface area contributed by atoms with Gasteiger partial charge in [-0.25, -0.2) is 9.38 Å². The molecule has 1 saturated heterocycles. The minimum atomic E-state index is -0.227. The van der Waals surface area contributed by atoms with Crippen LogP contribution in [0.15, 0.2) is 23.2 Å². The minimum absolute atomic E-state index is 0.227. The fourth-order valence-electron chi connectivity index (χ4n) is 2.94. The van der Waals surface area contributed by atoms with Crippen LogP contribution in [0.25, 0.3) is 0 Å². The fourth-order valence-corrected chi connectivity index (χ4v) is 2.94. The molecule has 2 rings (SSSR count). The van der Waals surface area contributed by atoms with E-state index in [2.05, 4.69) is 37.6 Å². The molecule has 3 nitrogen and oxygen atoms in total. The van der Waals surface area contributed by atoms with Gasteiger partial charge >= 0.3 is 0 Å². The molecule has 1 aliphatic heterocycles. The third kappa shape index (κ3) is 10.2. The molecule has 0 aromatic heterocycles. The summed E-state index contributed by atoms with van der Waals surface area (Å²) in [5.41, 5.74) is 1.61. The van der Waals surface area contributed by atoms with Crippen molar-refractivity contribution in [1.82, 2.24) is 4.90 Å². The number of nitrogens with zero attached hydrogens (tertiary/aromatic N) is 2. The molecule has 0 aliphatic carbocycles. The summed E-state index contributed by atoms with van der Waals surface area (Å²) in [6, 6.07) is 4.63. The lowest BCUT2D eigenvalue weighted by Crippen LogP contribution is -2.35. The first kappa shape index (κ1) is 24.6. The predicted octanol–water partition coefficient (Wildman–Crippen LogP) is 6.77. The number of halogens is 1. The zero-order valence-electron chi connectivity index (χ0n) is 18.9. The van der Waals surface area contributed by atoms with Crippen molar-refractivity contribution in [2.24, 2.45) is 16.8 Å². The summed E-state index contributed by atoms with van der Waals surface area (Å²) in [5.74, 6) is 1.94. The lowest BCUT2D eigenvalue weighted by Gasteiger charge is -2.31. The third-order valence-electron chi connectivity index (χ3n) is 5.32. The summed E-state index contributed by atoms with van der Waals surface area (Å²) < 4.78 is 18.9. The monoisotopic (exact) mass is 392 g/mol. The maximum absolute atomic E-state index is 13.1. The summed E-state index contributed by atoms with van der Waals surface area (Å²) >= 11 is 0. The van der Waals surface area contributed by atoms with Gasteiger partial charge in [-0.3, -0.25) is 0 Å². The molecule has 0 unspecified atom stereocenters. The van der Waals surface area contributed by atoms with E-state index >= 15 is 0 Å². The summed E-state index contributed by atoms with van der Waals surface area (Å²) in [6.07, 6.45) is 6.27. The molecule has 1 aromatic carbocycles. The standard InChI is InChI=1S/C19H29FN2O.C5H12/c1-4-5-10-22-11-8-17(9-12-22)14-23-16(3)21-19-7-6-18(20)13-15(19)2;1-4-5(2)3/h6-7,13,17H,4-5,8-12,14H2,1-3H3;5H,4H2,1-3H3. The van der Waals surface area contributed by atoms with Crippen molar-refractivity contribution in [3.63, 3.8) is 0 Å². The van der Waals surface area contributed by atoms with Crippen LogP contribution in [0.2, 0.25) is 0 Å². The number of piperidine rings is 1. The Labute approximate surface area is 172 Å². The highest BCUT2D eigenvalue weighted by atomic mass is 19.1. The van der Waals surface area contributed by atoms with Crippen LogP contribution in [0.1, 0.15) is 72.3 Å². The second kappa shape index (κ2) is 13.7. The maximum Gasteiger partial charge on any atom is 0.185 e. The molecule has 0 N–H and O–H groups in total. The van der Waals surface area contributed by atoms with Gasteiger partial charge in [-0.2, -0.15) is 0 Å². The Hall–Kier alpha value is -1.42. The van der Waals surface area contributed by atoms with Crippen molar-refractivity contribution in [2.45, 2.75) is 73.6 Å². The zero-order chi connectivity index (χ0) is 20.9. The van der Waals surface area contributed by atoms with E-state index in [-0.39, 0.29) is 5.82 Å². The van der Waals surface area contributed by atoms with Gasteiger partial charge in [-0.05, 0) is 81.4 Å². The van der Waals surface area contributed by atoms with Gasteiger partial charge in [0, 0.05) is 6.92 Å². The molecule has 0 spiro atoms. The maximum atomic E-state index is 13.1. The van der Waals surface area contributed by atoms with Crippen molar-refractivity contribution in [2.75, 3.05) is 26.2 Å². The molecular weight excluding hydrogens is 351 g/mol. The Morgan fingerprint density at radius 3 is 2.43 bits per heavy atom. The average Bonchev–Trinajstić information content (AvgIpc) is 2.68. The smallest absolute Gasteiger partial charge is 0.185 e. The second-order valence-electron chi connectivity index (χ2n) is 8.31. The highest BCUT2D eigenvalue weighted by Gasteiger charge is 2.19. The molecule has 1 aliphatic rings. The van der Waals surface area contributed by atoms with Gasteiger partial charge < -0.3 is 9.64 Å². The Balaban J connectivity index is 0.000000696. The van der Waals surface area contributed by atoms with E-state index < -0.39 is 0 Å². The minimum Gasteiger partial charge on any atom is -0.481 e. The molecule has 0 saturated carbocycles. The van der Waals surface area contributed by atoms with Crippen molar-refractivity contribution < 1.29 is 9.13 Å². The van der Waals surface area contributed by atoms with Crippen LogP contribution in [-0.4, -0.2) is 37.0 Å². The largest absolute Gasteiger partial charge is 0.481 e. The summed E-state index contributed by atoms with van der Waals surface area (Å²) in [6.45, 7) is 16.9. The number of aliphatic imine (C=N–C) groups is 1. The molecular formula is C24H41FN2O. The van der Waals surface area contributed by atoms with Gasteiger partial charge in [0.1, 0.15) is 5.82 Å². The van der Waals surface area contributed by atoms with Crippen LogP contribution >= 0.6 is 0 Å². The van der Waals surface area contributed by atoms with Gasteiger partial charge in [0.2, 0.25) is 0 Å². The van der Waals surface area contributed by atoms with Gasteiger partial charge in [-0.15, -0.1) is 0 Å². The molecule has 0 amide bonds. The SMILES string of the molecule is CCC(C)C.CCCCN1CCC(COC(C)=Nc2ccc(F)cc2C)CC1. The van der Waals surface area contributed by atoms with Crippen molar-refractivity contribution in [1.29, 1.82) is 0 Å². The van der Waals surface area contributed by atoms with Gasteiger partial charge in [0.25, 0.3) is 0 Å². The summed E-state index contributed by atoms with van der Waals surface area (Å²) in [4.78, 5) is 7.02. The number of likely N-dealkylation sites (tertiary alicyclic amines) is 1. The summed E-state index contributed by atoms with van der Waals surface area (Å²) in [5, 5.41) is 0. The first-order chi connectivity index (χ1) is 13.3. The van der Waals surface area contributed by atoms with Crippen LogP contribution in [-0.2, 0) is 4.74 Å². The van der Waals surface area contributed by atoms with Crippen LogP contribution in [0.3, 0.4) is 0 Å². The average molecular weight is 393 g/mol. The van der Waals surface area contributed by atoms with Crippen LogP contribution in [0, 0.1) is 24.6 Å². The Morgan fingerprint density at radius 2 is 1.89 bits per heavy atom. The summed E-state index contributed by atoms with van der Waals surface area (Å²) in [7, 11) is 0. The second-order valence-corrected chi connectivity index (χ2v) is 8.31. The number of hydrogen-bond donors (Lipinski definition) is 0. The topological polar surface area (TPSA) is 24.8 Å². The molecule has 0 bridgehead atoms. The van der Waals surface area contributed by atoms with E-state index in [4.69, 9.17) is 4.74 Å². The van der Waals surface area contributed by atoms with E-state index in [0.717, 1.165) is 23.8 Å². The quantitative estimate of drug-likeness (QED) is 0.378. The highest BCUT2D eigenvalue weighted by Crippen LogP contribution is 2.21. The number of rotatable bonds is 7. The van der Waals surface area contributed by atoms with E-state index in [1.165, 1.54) is 63.9 Å². The van der Waals surface area contributed by atoms with Crippen LogP contribution in [0.4, 0.5) is 10.1 Å². The van der Waals surface area contributed by atoms with E-state index in [9.17, 15) is 4.39 Å². The molecule has 1 fully saturated rings. The molecule has 1 aromatic rings. The fraction of sp³-hybridized carbons (Fsp3) is 0.708. The molecule has 1 heterocycles. The van der Waals surface area contributed by atoms with E-state index in [1.807, 2.05) is 13.8 Å². The Kier molecular flexibility index (Phi) is 12.1. The molecule has 4 heteroatoms. The van der Waals surface area contributed by atoms with E-state index in [1.54, 1.807) is 6.07 Å². The number of benzene rings is 1. The molecule has 0 radical (unpaired) electrons. The lowest BCUT2D eigenvalue weighted by molar-refractivity contribution is 0.135. The van der Waals surface area contributed by atoms with Crippen molar-refractivity contribution in [3.05, 3.63) is 29.6 Å². The first-order valence-electron chi connectivity index (χ1n) is 11.0. The Bertz CT molecular complexity index is 578. The molecule has 0 atom stereocenters. The number of ether oxygens (including phenoxy) is 1. The Morgan fingerprint density at radius 1 is 1.25 bits per heavy atom.